The Hall–Kier alpha value is -3.01. The lowest BCUT2D eigenvalue weighted by Gasteiger charge is -2.16. The van der Waals surface area contributed by atoms with Crippen LogP contribution in [0, 0.1) is 0 Å². The van der Waals surface area contributed by atoms with Gasteiger partial charge in [0.2, 0.25) is 10.0 Å². The van der Waals surface area contributed by atoms with Gasteiger partial charge >= 0.3 is 0 Å². The molecule has 0 saturated heterocycles. The lowest BCUT2D eigenvalue weighted by Crippen LogP contribution is -2.26. The minimum atomic E-state index is -3.72. The molecule has 0 saturated carbocycles. The number of nitrogens with zero attached hydrogens (tertiary/aromatic N) is 3. The number of hydrogen-bond donors (Lipinski definition) is 0. The first-order chi connectivity index (χ1) is 15.3. The van der Waals surface area contributed by atoms with Crippen LogP contribution in [0.1, 0.15) is 28.6 Å². The van der Waals surface area contributed by atoms with E-state index in [9.17, 15) is 13.2 Å². The van der Waals surface area contributed by atoms with Gasteiger partial charge in [0.15, 0.2) is 4.80 Å². The predicted octanol–water partition coefficient (Wildman–Crippen LogP) is 3.96. The number of fused-ring (bicyclic) bond motifs is 1. The van der Waals surface area contributed by atoms with E-state index in [0.29, 0.717) is 16.1 Å². The smallest absolute Gasteiger partial charge is 0.279 e. The molecule has 0 radical (unpaired) electrons. The molecule has 0 unspecified atom stereocenters. The van der Waals surface area contributed by atoms with Crippen molar-refractivity contribution in [1.29, 1.82) is 0 Å². The summed E-state index contributed by atoms with van der Waals surface area (Å²) in [5.41, 5.74) is 2.60. The van der Waals surface area contributed by atoms with E-state index in [1.165, 1.54) is 58.8 Å². The monoisotopic (exact) mass is 469 g/mol. The van der Waals surface area contributed by atoms with E-state index in [0.717, 1.165) is 16.6 Å². The van der Waals surface area contributed by atoms with Crippen molar-refractivity contribution in [1.82, 2.24) is 8.87 Å². The number of carbonyl (C=O) groups excluding carboxylic acids is 1. The maximum Gasteiger partial charge on any atom is 0.279 e. The highest BCUT2D eigenvalue weighted by Gasteiger charge is 2.22. The van der Waals surface area contributed by atoms with Gasteiger partial charge in [0.1, 0.15) is 5.76 Å². The number of furan rings is 1. The van der Waals surface area contributed by atoms with Gasteiger partial charge in [-0.3, -0.25) is 4.79 Å². The molecule has 7 nitrogen and oxygen atoms in total. The van der Waals surface area contributed by atoms with E-state index >= 15 is 0 Å². The molecule has 4 rings (SSSR count). The summed E-state index contributed by atoms with van der Waals surface area (Å²) in [6.45, 7) is 2.21. The summed E-state index contributed by atoms with van der Waals surface area (Å²) in [5, 5.41) is 0. The Morgan fingerprint density at radius 1 is 1.12 bits per heavy atom. The second kappa shape index (κ2) is 8.85. The summed E-state index contributed by atoms with van der Waals surface area (Å²) in [7, 11) is -0.337. The molecule has 0 fully saturated rings. The second-order valence-corrected chi connectivity index (χ2v) is 10.4. The Bertz CT molecular complexity index is 1430. The Morgan fingerprint density at radius 2 is 1.88 bits per heavy atom. The fraction of sp³-hybridized carbons (Fsp3) is 0.217. The number of rotatable bonds is 6. The number of aryl methyl sites for hydroxylation is 2. The van der Waals surface area contributed by atoms with Gasteiger partial charge in [0.25, 0.3) is 5.91 Å². The Kier molecular flexibility index (Phi) is 6.14. The molecule has 9 heteroatoms. The summed E-state index contributed by atoms with van der Waals surface area (Å²) in [6.07, 6.45) is 2.39. The first kappa shape index (κ1) is 22.2. The normalized spacial score (nSPS) is 12.7. The number of benzene rings is 2. The maximum absolute atomic E-state index is 12.8. The molecular weight excluding hydrogens is 446 g/mol. The van der Waals surface area contributed by atoms with Crippen LogP contribution in [0.4, 0.5) is 0 Å². The van der Waals surface area contributed by atoms with Gasteiger partial charge in [-0.2, -0.15) is 9.30 Å². The van der Waals surface area contributed by atoms with Crippen LogP contribution in [0.3, 0.4) is 0 Å². The summed E-state index contributed by atoms with van der Waals surface area (Å²) >= 11 is 1.45. The Labute approximate surface area is 190 Å². The number of hydrogen-bond acceptors (Lipinski definition) is 5. The van der Waals surface area contributed by atoms with Gasteiger partial charge in [0.05, 0.1) is 27.9 Å². The molecule has 0 bridgehead atoms. The van der Waals surface area contributed by atoms with Crippen molar-refractivity contribution in [2.24, 2.45) is 12.0 Å². The molecule has 0 aliphatic heterocycles. The van der Waals surface area contributed by atoms with E-state index in [1.807, 2.05) is 23.7 Å². The topological polar surface area (TPSA) is 84.9 Å². The summed E-state index contributed by atoms with van der Waals surface area (Å²) in [6, 6.07) is 15.4. The molecule has 2 aromatic heterocycles. The number of thiazole rings is 1. The van der Waals surface area contributed by atoms with Crippen molar-refractivity contribution in [2.45, 2.75) is 24.8 Å². The van der Waals surface area contributed by atoms with E-state index in [-0.39, 0.29) is 11.4 Å². The maximum atomic E-state index is 12.8. The van der Waals surface area contributed by atoms with Crippen LogP contribution in [0.25, 0.3) is 10.2 Å². The summed E-state index contributed by atoms with van der Waals surface area (Å²) in [5.74, 6) is 0.127. The van der Waals surface area contributed by atoms with Gasteiger partial charge < -0.3 is 8.98 Å². The van der Waals surface area contributed by atoms with Gasteiger partial charge in [0, 0.05) is 19.7 Å². The van der Waals surface area contributed by atoms with E-state index < -0.39 is 15.9 Å². The summed E-state index contributed by atoms with van der Waals surface area (Å²) in [4.78, 5) is 17.7. The fourth-order valence-electron chi connectivity index (χ4n) is 3.48. The van der Waals surface area contributed by atoms with Crippen LogP contribution in [0.15, 0.2) is 75.2 Å². The number of amides is 1. The molecule has 166 valence electrons. The molecule has 2 heterocycles. The van der Waals surface area contributed by atoms with Crippen molar-refractivity contribution in [3.63, 3.8) is 0 Å². The molecule has 0 spiro atoms. The minimum absolute atomic E-state index is 0.100. The number of carbonyl (C=O) groups is 1. The number of aromatic nitrogens is 1. The molecule has 1 amide bonds. The zero-order valence-electron chi connectivity index (χ0n) is 18.0. The summed E-state index contributed by atoms with van der Waals surface area (Å²) < 4.78 is 35.0. The van der Waals surface area contributed by atoms with Gasteiger partial charge in [-0.25, -0.2) is 8.42 Å². The van der Waals surface area contributed by atoms with Crippen molar-refractivity contribution in [2.75, 3.05) is 7.05 Å². The third-order valence-corrected chi connectivity index (χ3v) is 8.17. The SMILES string of the molecule is CCc1cccc2sc(=NC(=O)c3ccc(S(=O)(=O)N(C)Cc4ccco4)cc3)n(C)c12. The highest BCUT2D eigenvalue weighted by atomic mass is 32.2. The predicted molar refractivity (Wildman–Crippen MR) is 124 cm³/mol. The van der Waals surface area contributed by atoms with Crippen LogP contribution < -0.4 is 4.80 Å². The zero-order chi connectivity index (χ0) is 22.9. The minimum Gasteiger partial charge on any atom is -0.468 e. The molecule has 32 heavy (non-hydrogen) atoms. The Morgan fingerprint density at radius 3 is 2.53 bits per heavy atom. The van der Waals surface area contributed by atoms with Crippen molar-refractivity contribution in [3.8, 4) is 0 Å². The van der Waals surface area contributed by atoms with Crippen LogP contribution in [-0.4, -0.2) is 30.2 Å². The van der Waals surface area contributed by atoms with E-state index in [2.05, 4.69) is 18.0 Å². The van der Waals surface area contributed by atoms with E-state index in [1.54, 1.807) is 12.1 Å². The van der Waals surface area contributed by atoms with Crippen LogP contribution >= 0.6 is 11.3 Å². The fourth-order valence-corrected chi connectivity index (χ4v) is 5.69. The largest absolute Gasteiger partial charge is 0.468 e. The molecule has 2 aromatic carbocycles. The number of sulfonamides is 1. The molecule has 0 N–H and O–H groups in total. The molecule has 0 aliphatic rings. The van der Waals surface area contributed by atoms with Crippen LogP contribution in [0.5, 0.6) is 0 Å². The quantitative estimate of drug-likeness (QED) is 0.428. The third kappa shape index (κ3) is 4.19. The van der Waals surface area contributed by atoms with Crippen molar-refractivity contribution >= 4 is 37.5 Å². The average molecular weight is 470 g/mol. The third-order valence-electron chi connectivity index (χ3n) is 5.25. The second-order valence-electron chi connectivity index (χ2n) is 7.34. The molecule has 0 aliphatic carbocycles. The van der Waals surface area contributed by atoms with Crippen molar-refractivity contribution in [3.05, 3.63) is 82.5 Å². The Balaban J connectivity index is 1.60. The first-order valence-corrected chi connectivity index (χ1v) is 12.3. The lowest BCUT2D eigenvalue weighted by molar-refractivity contribution is 0.0998. The number of para-hydroxylation sites is 1. The zero-order valence-corrected chi connectivity index (χ0v) is 19.6. The first-order valence-electron chi connectivity index (χ1n) is 10.1. The molecule has 4 aromatic rings. The molecular formula is C23H23N3O4S2. The van der Waals surface area contributed by atoms with Gasteiger partial charge in [-0.1, -0.05) is 30.4 Å². The molecule has 0 atom stereocenters. The van der Waals surface area contributed by atoms with E-state index in [4.69, 9.17) is 4.42 Å². The van der Waals surface area contributed by atoms with Crippen LogP contribution in [0.2, 0.25) is 0 Å². The standard InChI is InChI=1S/C23H23N3O4S2/c1-4-16-7-5-9-20-21(16)26(3)23(31-20)24-22(27)17-10-12-19(13-11-17)32(28,29)25(2)15-18-8-6-14-30-18/h5-14H,4,15H2,1-3H3. The van der Waals surface area contributed by atoms with Gasteiger partial charge in [-0.05, 0) is 54.4 Å². The average Bonchev–Trinajstić information content (AvgIpc) is 3.41. The highest BCUT2D eigenvalue weighted by Crippen LogP contribution is 2.22. The highest BCUT2D eigenvalue weighted by molar-refractivity contribution is 7.89. The van der Waals surface area contributed by atoms with Crippen LogP contribution in [-0.2, 0) is 30.0 Å². The lowest BCUT2D eigenvalue weighted by atomic mass is 10.1. The van der Waals surface area contributed by atoms with Crippen molar-refractivity contribution < 1.29 is 17.6 Å². The van der Waals surface area contributed by atoms with Gasteiger partial charge in [-0.15, -0.1) is 0 Å².